The Morgan fingerprint density at radius 3 is 2.09 bits per heavy atom. The number of anilines is 3. The van der Waals surface area contributed by atoms with Crippen molar-refractivity contribution in [2.24, 2.45) is 11.8 Å². The maximum absolute atomic E-state index is 13.2. The molecule has 1 unspecified atom stereocenters. The largest absolute Gasteiger partial charge is 0.497 e. The molecule has 3 aromatic carbocycles. The van der Waals surface area contributed by atoms with Gasteiger partial charge in [-0.05, 0) is 85.5 Å². The Labute approximate surface area is 275 Å². The minimum absolute atomic E-state index is 0.0681. The van der Waals surface area contributed by atoms with Crippen LogP contribution >= 0.6 is 0 Å². The van der Waals surface area contributed by atoms with E-state index in [1.807, 2.05) is 68.4 Å². The third-order valence-electron chi connectivity index (χ3n) is 7.64. The highest BCUT2D eigenvalue weighted by Gasteiger charge is 2.21. The zero-order valence-corrected chi connectivity index (χ0v) is 28.9. The zero-order chi connectivity index (χ0) is 33.6. The van der Waals surface area contributed by atoms with Gasteiger partial charge in [-0.1, -0.05) is 70.5 Å². The number of aryl methyl sites for hydroxylation is 1. The van der Waals surface area contributed by atoms with Gasteiger partial charge in [0.15, 0.2) is 0 Å². The first-order valence-electron chi connectivity index (χ1n) is 16.4. The molecule has 0 aliphatic heterocycles. The standard InChI is InChI=1S/C38H53N3O5/c1-9-31(21-37(42)46-24-29(7)45-25-30-12-17-34(44-8)18-13-30)32-14-19-36(41(22-26(2)3)23-27(4)5)35(20-32)40-38(43)39-33-15-10-28(6)11-16-33/h10-20,26-27,29,31H,9,21-25H2,1-8H3,(H2,39,40,43)/t29-,31?/m0/s1. The second-order valence-corrected chi connectivity index (χ2v) is 12.9. The number of nitrogens with one attached hydrogen (secondary N) is 2. The summed E-state index contributed by atoms with van der Waals surface area (Å²) in [5, 5.41) is 6.07. The molecule has 0 aromatic heterocycles. The fourth-order valence-electron chi connectivity index (χ4n) is 5.23. The molecule has 0 spiro atoms. The van der Waals surface area contributed by atoms with Crippen LogP contribution in [0.3, 0.4) is 0 Å². The van der Waals surface area contributed by atoms with Crippen LogP contribution in [0.15, 0.2) is 66.7 Å². The molecular weight excluding hydrogens is 578 g/mol. The summed E-state index contributed by atoms with van der Waals surface area (Å²) in [5.41, 5.74) is 5.52. The van der Waals surface area contributed by atoms with Gasteiger partial charge in [-0.25, -0.2) is 4.79 Å². The topological polar surface area (TPSA) is 89.1 Å². The molecule has 0 saturated carbocycles. The summed E-state index contributed by atoms with van der Waals surface area (Å²) in [6.07, 6.45) is 0.730. The minimum Gasteiger partial charge on any atom is -0.497 e. The van der Waals surface area contributed by atoms with E-state index in [-0.39, 0.29) is 37.0 Å². The van der Waals surface area contributed by atoms with Crippen molar-refractivity contribution in [2.45, 2.75) is 79.9 Å². The second-order valence-electron chi connectivity index (χ2n) is 12.9. The molecule has 0 radical (unpaired) electrons. The van der Waals surface area contributed by atoms with Gasteiger partial charge in [-0.15, -0.1) is 0 Å². The van der Waals surface area contributed by atoms with Gasteiger partial charge in [0.25, 0.3) is 0 Å². The van der Waals surface area contributed by atoms with E-state index >= 15 is 0 Å². The molecule has 3 aromatic rings. The molecule has 250 valence electrons. The summed E-state index contributed by atoms with van der Waals surface area (Å²) >= 11 is 0. The fraction of sp³-hybridized carbons (Fsp3) is 0.474. The third kappa shape index (κ3) is 12.0. The minimum atomic E-state index is -0.313. The molecule has 0 heterocycles. The van der Waals surface area contributed by atoms with Crippen molar-refractivity contribution in [1.82, 2.24) is 0 Å². The third-order valence-corrected chi connectivity index (χ3v) is 7.64. The smallest absolute Gasteiger partial charge is 0.323 e. The summed E-state index contributed by atoms with van der Waals surface area (Å²) < 4.78 is 16.7. The first kappa shape index (κ1) is 36.4. The van der Waals surface area contributed by atoms with Crippen molar-refractivity contribution in [3.63, 3.8) is 0 Å². The highest BCUT2D eigenvalue weighted by molar-refractivity contribution is 6.02. The average molecular weight is 632 g/mol. The van der Waals surface area contributed by atoms with Crippen molar-refractivity contribution >= 4 is 29.1 Å². The summed E-state index contributed by atoms with van der Waals surface area (Å²) in [6.45, 7) is 17.1. The Morgan fingerprint density at radius 2 is 1.50 bits per heavy atom. The van der Waals surface area contributed by atoms with Gasteiger partial charge in [0.1, 0.15) is 12.4 Å². The number of esters is 1. The molecule has 8 heteroatoms. The highest BCUT2D eigenvalue weighted by Crippen LogP contribution is 2.34. The van der Waals surface area contributed by atoms with Crippen molar-refractivity contribution in [1.29, 1.82) is 0 Å². The van der Waals surface area contributed by atoms with Crippen LogP contribution in [0.25, 0.3) is 0 Å². The number of carbonyl (C=O) groups is 2. The molecule has 0 fully saturated rings. The van der Waals surface area contributed by atoms with E-state index < -0.39 is 0 Å². The Balaban J connectivity index is 1.71. The van der Waals surface area contributed by atoms with E-state index in [0.29, 0.717) is 18.4 Å². The normalized spacial score (nSPS) is 12.5. The Hall–Kier alpha value is -4.04. The number of hydrogen-bond donors (Lipinski definition) is 2. The summed E-state index contributed by atoms with van der Waals surface area (Å²) in [6, 6.07) is 21.3. The molecule has 2 amide bonds. The van der Waals surface area contributed by atoms with E-state index in [1.54, 1.807) is 7.11 Å². The van der Waals surface area contributed by atoms with E-state index in [2.05, 4.69) is 62.3 Å². The van der Waals surface area contributed by atoms with Crippen molar-refractivity contribution in [3.8, 4) is 5.75 Å². The number of hydrogen-bond acceptors (Lipinski definition) is 6. The zero-order valence-electron chi connectivity index (χ0n) is 28.9. The Morgan fingerprint density at radius 1 is 0.848 bits per heavy atom. The monoisotopic (exact) mass is 631 g/mol. The van der Waals surface area contributed by atoms with Crippen LogP contribution in [0.5, 0.6) is 5.75 Å². The van der Waals surface area contributed by atoms with E-state index in [1.165, 1.54) is 0 Å². The van der Waals surface area contributed by atoms with Gasteiger partial charge in [0.05, 0.1) is 37.6 Å². The summed E-state index contributed by atoms with van der Waals surface area (Å²) in [5.74, 6) is 1.33. The maximum Gasteiger partial charge on any atom is 0.323 e. The van der Waals surface area contributed by atoms with E-state index in [4.69, 9.17) is 14.2 Å². The molecule has 2 atom stereocenters. The van der Waals surface area contributed by atoms with Gasteiger partial charge < -0.3 is 29.7 Å². The van der Waals surface area contributed by atoms with Crippen LogP contribution in [0.1, 0.15) is 77.0 Å². The fourth-order valence-corrected chi connectivity index (χ4v) is 5.23. The highest BCUT2D eigenvalue weighted by atomic mass is 16.6. The lowest BCUT2D eigenvalue weighted by molar-refractivity contribution is -0.148. The Bertz CT molecular complexity index is 1360. The SMILES string of the molecule is CCC(CC(=O)OC[C@H](C)OCc1ccc(OC)cc1)c1ccc(N(CC(C)C)CC(C)C)c(NC(=O)Nc2ccc(C)cc2)c1. The van der Waals surface area contributed by atoms with E-state index in [0.717, 1.165) is 59.0 Å². The van der Waals surface area contributed by atoms with Gasteiger partial charge in [-0.2, -0.15) is 0 Å². The molecule has 46 heavy (non-hydrogen) atoms. The predicted molar refractivity (Wildman–Crippen MR) is 188 cm³/mol. The summed E-state index contributed by atoms with van der Waals surface area (Å²) in [4.78, 5) is 28.5. The number of benzene rings is 3. The second kappa shape index (κ2) is 18.2. The van der Waals surface area contributed by atoms with Crippen LogP contribution in [0, 0.1) is 18.8 Å². The van der Waals surface area contributed by atoms with Gasteiger partial charge >= 0.3 is 12.0 Å². The quantitative estimate of drug-likeness (QED) is 0.145. The molecule has 0 saturated heterocycles. The molecule has 3 rings (SSSR count). The number of nitrogens with zero attached hydrogens (tertiary/aromatic N) is 1. The van der Waals surface area contributed by atoms with Crippen LogP contribution < -0.4 is 20.3 Å². The van der Waals surface area contributed by atoms with Crippen molar-refractivity contribution in [3.05, 3.63) is 83.4 Å². The lowest BCUT2D eigenvalue weighted by Crippen LogP contribution is -2.32. The van der Waals surface area contributed by atoms with Gasteiger partial charge in [0.2, 0.25) is 0 Å². The number of ether oxygens (including phenoxy) is 3. The lowest BCUT2D eigenvalue weighted by atomic mass is 9.92. The lowest BCUT2D eigenvalue weighted by Gasteiger charge is -2.31. The molecule has 0 bridgehead atoms. The summed E-state index contributed by atoms with van der Waals surface area (Å²) in [7, 11) is 1.64. The number of rotatable bonds is 17. The first-order chi connectivity index (χ1) is 22.0. The van der Waals surface area contributed by atoms with Crippen LogP contribution in [-0.4, -0.2) is 44.9 Å². The average Bonchev–Trinajstić information content (AvgIpc) is 3.02. The predicted octanol–water partition coefficient (Wildman–Crippen LogP) is 8.80. The van der Waals surface area contributed by atoms with Crippen LogP contribution in [-0.2, 0) is 20.9 Å². The number of methoxy groups -OCH3 is 1. The number of amides is 2. The van der Waals surface area contributed by atoms with Crippen molar-refractivity contribution < 1.29 is 23.8 Å². The maximum atomic E-state index is 13.2. The number of carbonyl (C=O) groups excluding carboxylic acids is 2. The molecule has 8 nitrogen and oxygen atoms in total. The van der Waals surface area contributed by atoms with E-state index in [9.17, 15) is 9.59 Å². The Kier molecular flexibility index (Phi) is 14.4. The molecule has 2 N–H and O–H groups in total. The van der Waals surface area contributed by atoms with Crippen LogP contribution in [0.4, 0.5) is 21.9 Å². The van der Waals surface area contributed by atoms with Crippen molar-refractivity contribution in [2.75, 3.05) is 42.3 Å². The number of urea groups is 1. The van der Waals surface area contributed by atoms with Gasteiger partial charge in [0, 0.05) is 18.8 Å². The van der Waals surface area contributed by atoms with Crippen LogP contribution in [0.2, 0.25) is 0 Å². The first-order valence-corrected chi connectivity index (χ1v) is 16.4. The van der Waals surface area contributed by atoms with Gasteiger partial charge in [-0.3, -0.25) is 4.79 Å². The molecule has 0 aliphatic carbocycles. The molecular formula is C38H53N3O5. The molecule has 0 aliphatic rings.